The number of imide groups is 1. The topological polar surface area (TPSA) is 63.7 Å². The number of carbonyl (C=O) groups excluding carboxylic acids is 3. The summed E-state index contributed by atoms with van der Waals surface area (Å²) >= 11 is 5.98. The molecule has 0 spiro atoms. The molecule has 5 nitrogen and oxygen atoms in total. The zero-order valence-corrected chi connectivity index (χ0v) is 15.7. The van der Waals surface area contributed by atoms with Gasteiger partial charge in [0.25, 0.3) is 0 Å². The fourth-order valence-corrected chi connectivity index (χ4v) is 4.32. The summed E-state index contributed by atoms with van der Waals surface area (Å²) in [6.07, 6.45) is 0. The normalized spacial score (nSPS) is 26.1. The Balaban J connectivity index is 1.81. The number of amides is 2. The third-order valence-electron chi connectivity index (χ3n) is 5.37. The summed E-state index contributed by atoms with van der Waals surface area (Å²) < 4.78 is 5.14. The van der Waals surface area contributed by atoms with Gasteiger partial charge in [0.2, 0.25) is 11.8 Å². The molecule has 1 aliphatic carbocycles. The van der Waals surface area contributed by atoms with Crippen molar-refractivity contribution in [2.75, 3.05) is 11.5 Å². The number of halogens is 1. The van der Waals surface area contributed by atoms with E-state index in [-0.39, 0.29) is 18.4 Å². The molecule has 2 aromatic carbocycles. The number of piperidine rings is 1. The van der Waals surface area contributed by atoms with Crippen LogP contribution in [-0.4, -0.2) is 24.4 Å². The van der Waals surface area contributed by atoms with E-state index in [9.17, 15) is 14.4 Å². The zero-order chi connectivity index (χ0) is 19.3. The van der Waals surface area contributed by atoms with Crippen LogP contribution in [0.15, 0.2) is 48.5 Å². The van der Waals surface area contributed by atoms with E-state index in [1.165, 1.54) is 4.90 Å². The van der Waals surface area contributed by atoms with Crippen LogP contribution >= 0.6 is 11.6 Å². The molecule has 2 amide bonds. The smallest absolute Gasteiger partial charge is 0.311 e. The summed E-state index contributed by atoms with van der Waals surface area (Å²) in [5.41, 5.74) is 0.866. The molecule has 6 heteroatoms. The van der Waals surface area contributed by atoms with Gasteiger partial charge >= 0.3 is 5.97 Å². The molecular weight excluding hydrogens is 366 g/mol. The number of anilines is 1. The fraction of sp³-hybridized carbons (Fsp3) is 0.286. The first-order valence-electron chi connectivity index (χ1n) is 8.80. The number of carbonyl (C=O) groups is 3. The molecule has 4 rings (SSSR count). The Morgan fingerprint density at radius 3 is 2.52 bits per heavy atom. The third kappa shape index (κ3) is 2.42. The third-order valence-corrected chi connectivity index (χ3v) is 5.62. The van der Waals surface area contributed by atoms with Crippen molar-refractivity contribution in [3.05, 3.63) is 64.7 Å². The Bertz CT molecular complexity index is 955. The van der Waals surface area contributed by atoms with Crippen molar-refractivity contribution in [3.63, 3.8) is 0 Å². The van der Waals surface area contributed by atoms with E-state index in [0.29, 0.717) is 16.3 Å². The summed E-state index contributed by atoms with van der Waals surface area (Å²) in [6, 6.07) is 13.9. The lowest BCUT2D eigenvalue weighted by atomic mass is 9.91. The molecule has 138 valence electrons. The van der Waals surface area contributed by atoms with Gasteiger partial charge in [-0.05, 0) is 49.2 Å². The fourth-order valence-electron chi connectivity index (χ4n) is 4.19. The van der Waals surface area contributed by atoms with Crippen LogP contribution in [0.1, 0.15) is 18.1 Å². The maximum absolute atomic E-state index is 13.5. The van der Waals surface area contributed by atoms with Gasteiger partial charge < -0.3 is 4.74 Å². The Morgan fingerprint density at radius 2 is 1.89 bits per heavy atom. The zero-order valence-electron chi connectivity index (χ0n) is 14.9. The van der Waals surface area contributed by atoms with E-state index in [1.807, 2.05) is 13.0 Å². The first kappa shape index (κ1) is 17.7. The minimum Gasteiger partial charge on any atom is -0.466 e. The van der Waals surface area contributed by atoms with Crippen molar-refractivity contribution in [3.8, 4) is 0 Å². The molecule has 1 aliphatic heterocycles. The van der Waals surface area contributed by atoms with Crippen molar-refractivity contribution in [1.29, 1.82) is 0 Å². The molecule has 0 unspecified atom stereocenters. The van der Waals surface area contributed by atoms with Gasteiger partial charge in [-0.15, -0.1) is 0 Å². The highest BCUT2D eigenvalue weighted by Crippen LogP contribution is 2.66. The second-order valence-corrected chi connectivity index (χ2v) is 7.34. The van der Waals surface area contributed by atoms with Crippen LogP contribution in [0.25, 0.3) is 0 Å². The molecular formula is C21H18ClNO4. The highest BCUT2D eigenvalue weighted by atomic mass is 35.5. The summed E-state index contributed by atoms with van der Waals surface area (Å²) in [4.78, 5) is 40.2. The molecule has 1 saturated heterocycles. The highest BCUT2D eigenvalue weighted by Gasteiger charge is 2.83. The minimum atomic E-state index is -1.21. The lowest BCUT2D eigenvalue weighted by Crippen LogP contribution is -2.40. The number of rotatable bonds is 4. The molecule has 0 aromatic heterocycles. The van der Waals surface area contributed by atoms with Crippen LogP contribution in [0, 0.1) is 18.8 Å². The van der Waals surface area contributed by atoms with Crippen molar-refractivity contribution in [2.45, 2.75) is 19.3 Å². The Hall–Kier alpha value is -2.66. The van der Waals surface area contributed by atoms with Gasteiger partial charge in [0.15, 0.2) is 0 Å². The molecule has 2 aromatic rings. The van der Waals surface area contributed by atoms with Gasteiger partial charge in [0.1, 0.15) is 5.41 Å². The number of nitrogens with zero attached hydrogens (tertiary/aromatic N) is 1. The van der Waals surface area contributed by atoms with Gasteiger partial charge in [-0.3, -0.25) is 14.4 Å². The van der Waals surface area contributed by atoms with Crippen molar-refractivity contribution >= 4 is 35.1 Å². The lowest BCUT2D eigenvalue weighted by Gasteiger charge is -2.22. The predicted molar refractivity (Wildman–Crippen MR) is 100 cm³/mol. The maximum Gasteiger partial charge on any atom is 0.311 e. The number of hydrogen-bond donors (Lipinski definition) is 0. The molecule has 0 N–H and O–H groups in total. The number of esters is 1. The highest BCUT2D eigenvalue weighted by molar-refractivity contribution is 6.32. The number of fused-ring (bicyclic) bond motifs is 1. The van der Waals surface area contributed by atoms with Gasteiger partial charge in [-0.25, -0.2) is 4.90 Å². The predicted octanol–water partition coefficient (Wildman–Crippen LogP) is 3.27. The van der Waals surface area contributed by atoms with Gasteiger partial charge in [-0.2, -0.15) is 0 Å². The standard InChI is InChI=1S/C21H18ClNO4/c1-3-27-19(25)17-16-18(24)23(15-6-4-5-12(2)11-15)20(26)21(16,17)13-7-9-14(22)10-8-13/h4-11,16-17H,3H2,1-2H3/t16-,17-,21-/m0/s1. The summed E-state index contributed by atoms with van der Waals surface area (Å²) in [5, 5.41) is 0.521. The van der Waals surface area contributed by atoms with Crippen molar-refractivity contribution < 1.29 is 19.1 Å². The van der Waals surface area contributed by atoms with Crippen molar-refractivity contribution in [2.24, 2.45) is 11.8 Å². The quantitative estimate of drug-likeness (QED) is 0.600. The summed E-state index contributed by atoms with van der Waals surface area (Å²) in [5.74, 6) is -2.80. The van der Waals surface area contributed by atoms with Crippen LogP contribution < -0.4 is 4.90 Å². The minimum absolute atomic E-state index is 0.197. The van der Waals surface area contributed by atoms with E-state index >= 15 is 0 Å². The van der Waals surface area contributed by atoms with Crippen molar-refractivity contribution in [1.82, 2.24) is 0 Å². The summed E-state index contributed by atoms with van der Waals surface area (Å²) in [6.45, 7) is 3.79. The average molecular weight is 384 g/mol. The van der Waals surface area contributed by atoms with Crippen LogP contribution in [-0.2, 0) is 24.5 Å². The van der Waals surface area contributed by atoms with E-state index in [4.69, 9.17) is 16.3 Å². The monoisotopic (exact) mass is 383 g/mol. The number of aryl methyl sites for hydroxylation is 1. The van der Waals surface area contributed by atoms with Crippen LogP contribution in [0.5, 0.6) is 0 Å². The molecule has 3 atom stereocenters. The van der Waals surface area contributed by atoms with Crippen LogP contribution in [0.3, 0.4) is 0 Å². The first-order chi connectivity index (χ1) is 12.9. The molecule has 1 saturated carbocycles. The van der Waals surface area contributed by atoms with Gasteiger partial charge in [-0.1, -0.05) is 35.9 Å². The number of ether oxygens (including phenoxy) is 1. The Kier molecular flexibility index (Phi) is 4.07. The van der Waals surface area contributed by atoms with Gasteiger partial charge in [0, 0.05) is 5.02 Å². The van der Waals surface area contributed by atoms with Crippen LogP contribution in [0.2, 0.25) is 5.02 Å². The second-order valence-electron chi connectivity index (χ2n) is 6.90. The number of hydrogen-bond acceptors (Lipinski definition) is 4. The number of benzene rings is 2. The lowest BCUT2D eigenvalue weighted by molar-refractivity contribution is -0.147. The van der Waals surface area contributed by atoms with Gasteiger partial charge in [0.05, 0.1) is 24.1 Å². The molecule has 0 radical (unpaired) electrons. The van der Waals surface area contributed by atoms with E-state index < -0.39 is 23.2 Å². The maximum atomic E-state index is 13.5. The molecule has 2 aliphatic rings. The molecule has 2 fully saturated rings. The first-order valence-corrected chi connectivity index (χ1v) is 9.18. The van der Waals surface area contributed by atoms with Crippen LogP contribution in [0.4, 0.5) is 5.69 Å². The molecule has 0 bridgehead atoms. The Labute approximate surface area is 161 Å². The largest absolute Gasteiger partial charge is 0.466 e. The van der Waals surface area contributed by atoms with E-state index in [1.54, 1.807) is 49.4 Å². The molecule has 27 heavy (non-hydrogen) atoms. The van der Waals surface area contributed by atoms with E-state index in [2.05, 4.69) is 0 Å². The summed E-state index contributed by atoms with van der Waals surface area (Å²) in [7, 11) is 0. The second kappa shape index (κ2) is 6.20. The molecule has 1 heterocycles. The van der Waals surface area contributed by atoms with E-state index in [0.717, 1.165) is 5.56 Å². The Morgan fingerprint density at radius 1 is 1.19 bits per heavy atom. The SMILES string of the molecule is CCOC(=O)[C@@H]1[C@H]2C(=O)N(c3cccc(C)c3)C(=O)[C@]12c1ccc(Cl)cc1. The average Bonchev–Trinajstić information content (AvgIpc) is 3.28.